The van der Waals surface area contributed by atoms with Gasteiger partial charge in [-0.1, -0.05) is 0 Å². The second kappa shape index (κ2) is 15.4. The Morgan fingerprint density at radius 1 is 0.583 bits per heavy atom. The highest BCUT2D eigenvalue weighted by Crippen LogP contribution is 2.14. The Morgan fingerprint density at radius 2 is 0.917 bits per heavy atom. The Hall–Kier alpha value is -2.74. The molecular formula is C24H34N2O10. The van der Waals surface area contributed by atoms with Gasteiger partial charge in [-0.25, -0.2) is 0 Å². The fraction of sp³-hybridized carbons (Fsp3) is 0.583. The zero-order valence-electron chi connectivity index (χ0n) is 20.3. The molecule has 1 aliphatic rings. The molecule has 0 aromatic carbocycles. The van der Waals surface area contributed by atoms with Gasteiger partial charge in [-0.2, -0.15) is 0 Å². The van der Waals surface area contributed by atoms with E-state index in [2.05, 4.69) is 0 Å². The van der Waals surface area contributed by atoms with E-state index in [1.807, 2.05) is 9.80 Å². The standard InChI is InChI=1S/C24H34N2O10/c27-19-1-7-35-21(23(19)29)17-25-3-9-31-13-15-33-11-5-26(6-12-34-16-14-32-10-4-25)18-22-24(30)20(28)2-8-36-22/h1-2,7-8,29-30H,3-6,9-18H2. The lowest BCUT2D eigenvalue weighted by Gasteiger charge is -2.23. The molecule has 0 amide bonds. The SMILES string of the molecule is O=c1ccoc(CN2CCOCCOCCN(Cc3occc(=O)c3O)CCOCCOCC2)c1O. The molecule has 1 aliphatic heterocycles. The van der Waals surface area contributed by atoms with Crippen LogP contribution in [-0.4, -0.2) is 99.0 Å². The minimum absolute atomic E-state index is 0.198. The maximum atomic E-state index is 11.7. The van der Waals surface area contributed by atoms with Crippen LogP contribution >= 0.6 is 0 Å². The predicted octanol–water partition coefficient (Wildman–Crippen LogP) is 0.388. The summed E-state index contributed by atoms with van der Waals surface area (Å²) in [6.07, 6.45) is 2.53. The van der Waals surface area contributed by atoms with Crippen LogP contribution in [0.1, 0.15) is 11.5 Å². The van der Waals surface area contributed by atoms with Crippen molar-refractivity contribution in [3.8, 4) is 11.5 Å². The molecule has 0 radical (unpaired) electrons. The van der Waals surface area contributed by atoms with Crippen LogP contribution in [0, 0.1) is 0 Å². The summed E-state index contributed by atoms with van der Waals surface area (Å²) < 4.78 is 33.3. The van der Waals surface area contributed by atoms with Crippen molar-refractivity contribution in [3.05, 3.63) is 56.6 Å². The van der Waals surface area contributed by atoms with E-state index in [1.54, 1.807) is 0 Å². The third-order valence-electron chi connectivity index (χ3n) is 5.54. The van der Waals surface area contributed by atoms with E-state index in [-0.39, 0.29) is 36.1 Å². The zero-order chi connectivity index (χ0) is 25.6. The molecule has 3 rings (SSSR count). The summed E-state index contributed by atoms with van der Waals surface area (Å²) in [6, 6.07) is 2.35. The van der Waals surface area contributed by atoms with E-state index >= 15 is 0 Å². The van der Waals surface area contributed by atoms with Crippen LogP contribution in [0.4, 0.5) is 0 Å². The molecule has 36 heavy (non-hydrogen) atoms. The lowest BCUT2D eigenvalue weighted by molar-refractivity contribution is 0.00461. The van der Waals surface area contributed by atoms with Crippen molar-refractivity contribution in [2.75, 3.05) is 79.0 Å². The molecule has 2 aromatic rings. The van der Waals surface area contributed by atoms with Gasteiger partial charge >= 0.3 is 0 Å². The molecule has 12 nitrogen and oxygen atoms in total. The lowest BCUT2D eigenvalue weighted by atomic mass is 10.3. The van der Waals surface area contributed by atoms with Gasteiger partial charge in [0.25, 0.3) is 0 Å². The van der Waals surface area contributed by atoms with Gasteiger partial charge in [0, 0.05) is 38.3 Å². The van der Waals surface area contributed by atoms with Crippen molar-refractivity contribution in [2.45, 2.75) is 13.1 Å². The summed E-state index contributed by atoms with van der Waals surface area (Å²) in [7, 11) is 0. The highest BCUT2D eigenvalue weighted by molar-refractivity contribution is 5.23. The lowest BCUT2D eigenvalue weighted by Crippen LogP contribution is -2.33. The van der Waals surface area contributed by atoms with Gasteiger partial charge in [0.1, 0.15) is 0 Å². The minimum atomic E-state index is -0.483. The van der Waals surface area contributed by atoms with Crippen molar-refractivity contribution < 1.29 is 38.0 Å². The Morgan fingerprint density at radius 3 is 1.25 bits per heavy atom. The van der Waals surface area contributed by atoms with Crippen LogP contribution in [-0.2, 0) is 32.0 Å². The highest BCUT2D eigenvalue weighted by Gasteiger charge is 2.15. The number of nitrogens with zero attached hydrogens (tertiary/aromatic N) is 2. The molecule has 0 atom stereocenters. The molecule has 0 aliphatic carbocycles. The molecule has 2 aromatic heterocycles. The maximum absolute atomic E-state index is 11.7. The molecule has 1 fully saturated rings. The molecule has 12 heteroatoms. The summed E-state index contributed by atoms with van der Waals surface area (Å²) in [5, 5.41) is 20.0. The van der Waals surface area contributed by atoms with E-state index in [1.165, 1.54) is 24.7 Å². The van der Waals surface area contributed by atoms with Gasteiger partial charge < -0.3 is 38.0 Å². The first-order chi connectivity index (χ1) is 17.5. The first kappa shape index (κ1) is 27.8. The fourth-order valence-electron chi connectivity index (χ4n) is 3.49. The van der Waals surface area contributed by atoms with Crippen LogP contribution in [0.15, 0.2) is 43.1 Å². The average molecular weight is 511 g/mol. The second-order valence-corrected chi connectivity index (χ2v) is 8.12. The molecular weight excluding hydrogens is 476 g/mol. The molecule has 200 valence electrons. The topological polar surface area (TPSA) is 144 Å². The first-order valence-corrected chi connectivity index (χ1v) is 11.9. The Bertz CT molecular complexity index is 923. The number of aromatic hydroxyl groups is 2. The summed E-state index contributed by atoms with van der Waals surface area (Å²) in [5.41, 5.74) is -0.966. The summed E-state index contributed by atoms with van der Waals surface area (Å²) in [4.78, 5) is 27.3. The maximum Gasteiger partial charge on any atom is 0.226 e. The van der Waals surface area contributed by atoms with Crippen LogP contribution in [0.5, 0.6) is 11.5 Å². The quantitative estimate of drug-likeness (QED) is 0.587. The number of ether oxygens (including phenoxy) is 4. The Kier molecular flexibility index (Phi) is 11.9. The van der Waals surface area contributed by atoms with Crippen LogP contribution in [0.3, 0.4) is 0 Å². The normalized spacial score (nSPS) is 18.9. The minimum Gasteiger partial charge on any atom is -0.502 e. The first-order valence-electron chi connectivity index (χ1n) is 11.9. The number of hydrogen-bond donors (Lipinski definition) is 2. The van der Waals surface area contributed by atoms with E-state index in [0.717, 1.165) is 0 Å². The smallest absolute Gasteiger partial charge is 0.226 e. The number of hydrogen-bond acceptors (Lipinski definition) is 12. The van der Waals surface area contributed by atoms with Gasteiger partial charge in [0.15, 0.2) is 11.5 Å². The van der Waals surface area contributed by atoms with Gasteiger partial charge in [-0.15, -0.1) is 0 Å². The van der Waals surface area contributed by atoms with Crippen LogP contribution in [0.25, 0.3) is 0 Å². The van der Waals surface area contributed by atoms with E-state index in [9.17, 15) is 19.8 Å². The zero-order valence-corrected chi connectivity index (χ0v) is 20.3. The van der Waals surface area contributed by atoms with E-state index < -0.39 is 10.9 Å². The predicted molar refractivity (Wildman–Crippen MR) is 127 cm³/mol. The molecule has 2 N–H and O–H groups in total. The van der Waals surface area contributed by atoms with Crippen LogP contribution < -0.4 is 10.9 Å². The van der Waals surface area contributed by atoms with E-state index in [4.69, 9.17) is 27.8 Å². The van der Waals surface area contributed by atoms with Crippen molar-refractivity contribution in [3.63, 3.8) is 0 Å². The van der Waals surface area contributed by atoms with Crippen molar-refractivity contribution >= 4 is 0 Å². The third kappa shape index (κ3) is 9.37. The summed E-state index contributed by atoms with van der Waals surface area (Å²) >= 11 is 0. The molecule has 0 bridgehead atoms. The van der Waals surface area contributed by atoms with E-state index in [0.29, 0.717) is 79.0 Å². The highest BCUT2D eigenvalue weighted by atomic mass is 16.5. The van der Waals surface area contributed by atoms with Crippen LogP contribution in [0.2, 0.25) is 0 Å². The third-order valence-corrected chi connectivity index (χ3v) is 5.54. The molecule has 0 saturated carbocycles. The Labute approximate surface area is 208 Å². The van der Waals surface area contributed by atoms with Gasteiger partial charge in [-0.3, -0.25) is 19.4 Å². The second-order valence-electron chi connectivity index (χ2n) is 8.12. The summed E-state index contributed by atoms with van der Waals surface area (Å²) in [6.45, 7) is 5.91. The van der Waals surface area contributed by atoms with Crippen molar-refractivity contribution in [2.24, 2.45) is 0 Å². The number of rotatable bonds is 4. The van der Waals surface area contributed by atoms with Crippen molar-refractivity contribution in [1.82, 2.24) is 9.80 Å². The van der Waals surface area contributed by atoms with Gasteiger partial charge in [-0.05, 0) is 0 Å². The molecule has 0 unspecified atom stereocenters. The Balaban J connectivity index is 1.50. The summed E-state index contributed by atoms with van der Waals surface area (Å²) in [5.74, 6) is -0.383. The fourth-order valence-corrected chi connectivity index (χ4v) is 3.49. The van der Waals surface area contributed by atoms with Crippen molar-refractivity contribution in [1.29, 1.82) is 0 Å². The molecule has 0 spiro atoms. The van der Waals surface area contributed by atoms with Gasteiger partial charge in [0.05, 0.1) is 78.5 Å². The monoisotopic (exact) mass is 510 g/mol. The molecule has 1 saturated heterocycles. The molecule has 3 heterocycles. The average Bonchev–Trinajstić information content (AvgIpc) is 2.86. The van der Waals surface area contributed by atoms with Gasteiger partial charge in [0.2, 0.25) is 22.4 Å². The largest absolute Gasteiger partial charge is 0.502 e.